The van der Waals surface area contributed by atoms with Crippen LogP contribution in [0.3, 0.4) is 0 Å². The summed E-state index contributed by atoms with van der Waals surface area (Å²) in [6, 6.07) is 0. The van der Waals surface area contributed by atoms with E-state index in [1.54, 1.807) is 0 Å². The third-order valence-electron chi connectivity index (χ3n) is 1.68. The summed E-state index contributed by atoms with van der Waals surface area (Å²) in [6.45, 7) is 3.46. The molecule has 0 radical (unpaired) electrons. The molecule has 0 aromatic heterocycles. The Kier molecular flexibility index (Phi) is 4.68. The minimum atomic E-state index is -1.15. The van der Waals surface area contributed by atoms with E-state index in [9.17, 15) is 0 Å². The Morgan fingerprint density at radius 2 is 1.45 bits per heavy atom. The molecule has 0 unspecified atom stereocenters. The van der Waals surface area contributed by atoms with E-state index in [-0.39, 0.29) is 0 Å². The van der Waals surface area contributed by atoms with Gasteiger partial charge in [0.05, 0.1) is 0 Å². The maximum atomic E-state index is 5.40. The van der Waals surface area contributed by atoms with Crippen LogP contribution in [0.5, 0.6) is 0 Å². The fourth-order valence-corrected chi connectivity index (χ4v) is 5.14. The van der Waals surface area contributed by atoms with Crippen molar-refractivity contribution in [1.29, 1.82) is 0 Å². The molecule has 0 spiro atoms. The van der Waals surface area contributed by atoms with Crippen LogP contribution in [0.25, 0.3) is 0 Å². The Hall–Kier alpha value is 1.17. The quantitative estimate of drug-likeness (QED) is 0.498. The first-order chi connectivity index (χ1) is 5.21. The van der Waals surface area contributed by atoms with Gasteiger partial charge in [0, 0.05) is 0 Å². The zero-order valence-corrected chi connectivity index (χ0v) is 10.7. The summed E-state index contributed by atoms with van der Waals surface area (Å²) in [6.07, 6.45) is 0. The summed E-state index contributed by atoms with van der Waals surface area (Å²) >= 11 is 2.65. The van der Waals surface area contributed by atoms with Gasteiger partial charge in [-0.15, -0.1) is 0 Å². The van der Waals surface area contributed by atoms with E-state index >= 15 is 0 Å². The Morgan fingerprint density at radius 3 is 1.91 bits per heavy atom. The van der Waals surface area contributed by atoms with Gasteiger partial charge in [-0.2, -0.15) is 0 Å². The van der Waals surface area contributed by atoms with Crippen LogP contribution in [-0.4, -0.2) is 36.0 Å². The second-order valence-electron chi connectivity index (χ2n) is 2.79. The zero-order valence-electron chi connectivity index (χ0n) is 6.85. The van der Waals surface area contributed by atoms with Crippen LogP contribution in [0.1, 0.15) is 0 Å². The van der Waals surface area contributed by atoms with Gasteiger partial charge >= 0.3 is 82.3 Å². The predicted molar refractivity (Wildman–Crippen MR) is 56.9 cm³/mol. The molecule has 0 saturated carbocycles. The van der Waals surface area contributed by atoms with Crippen molar-refractivity contribution >= 4 is 29.9 Å². The molecule has 1 aliphatic heterocycles. The average Bonchev–Trinajstić information content (AvgIpc) is 2.00. The molecule has 1 heterocycles. The molecule has 4 heteroatoms. The van der Waals surface area contributed by atoms with Gasteiger partial charge in [0.1, 0.15) is 0 Å². The number of rotatable bonds is 0. The van der Waals surface area contributed by atoms with Crippen molar-refractivity contribution in [2.45, 2.75) is 16.5 Å². The third-order valence-corrected chi connectivity index (χ3v) is 10.5. The van der Waals surface area contributed by atoms with Gasteiger partial charge in [-0.05, 0) is 0 Å². The van der Waals surface area contributed by atoms with Gasteiger partial charge in [0.25, 0.3) is 0 Å². The molecule has 0 atom stereocenters. The molecule has 0 aliphatic carbocycles. The Bertz CT molecular complexity index is 107. The first kappa shape index (κ1) is 10.3. The molecular formula is C7H15IO2Se. The molecule has 0 N–H and O–H groups in total. The summed E-state index contributed by atoms with van der Waals surface area (Å²) in [4.78, 5) is 0. The molecule has 1 fully saturated rings. The predicted octanol–water partition coefficient (Wildman–Crippen LogP) is 2.04. The number of hydrogen-bond acceptors (Lipinski definition) is 2. The van der Waals surface area contributed by atoms with Crippen LogP contribution < -0.4 is 0 Å². The Morgan fingerprint density at radius 1 is 1.00 bits per heavy atom. The minimum absolute atomic E-state index is 0.782. The second kappa shape index (κ2) is 5.02. The van der Waals surface area contributed by atoms with Crippen LogP contribution in [0.15, 0.2) is 0 Å². The third kappa shape index (κ3) is 4.68. The van der Waals surface area contributed by atoms with E-state index in [0.29, 0.717) is 0 Å². The normalized spacial score (nSPS) is 29.6. The number of ether oxygens (including phenoxy) is 2. The average molecular weight is 337 g/mol. The molecule has 68 valence electrons. The molecule has 0 bridgehead atoms. The first-order valence-electron chi connectivity index (χ1n) is 3.79. The topological polar surface area (TPSA) is 18.5 Å². The number of halogens is 1. The van der Waals surface area contributed by atoms with Gasteiger partial charge in [-0.3, -0.25) is 0 Å². The van der Waals surface area contributed by atoms with Gasteiger partial charge in [0.15, 0.2) is 0 Å². The van der Waals surface area contributed by atoms with Crippen molar-refractivity contribution < 1.29 is 9.47 Å². The van der Waals surface area contributed by atoms with Crippen LogP contribution >= 0.6 is 20.3 Å². The summed E-state index contributed by atoms with van der Waals surface area (Å²) in [7, 11) is -1.15. The Labute approximate surface area is 82.0 Å². The fourth-order valence-electron chi connectivity index (χ4n) is 0.889. The molecule has 1 rings (SSSR count). The van der Waals surface area contributed by atoms with Crippen molar-refractivity contribution in [3.8, 4) is 0 Å². The molecule has 11 heavy (non-hydrogen) atoms. The summed E-state index contributed by atoms with van der Waals surface area (Å²) in [5.74, 6) is 2.41. The van der Waals surface area contributed by atoms with Gasteiger partial charge in [0.2, 0.25) is 0 Å². The molecule has 0 aromatic carbocycles. The maximum absolute atomic E-state index is 5.40. The van der Waals surface area contributed by atoms with E-state index in [1.807, 2.05) is 0 Å². The van der Waals surface area contributed by atoms with Crippen molar-refractivity contribution in [2.24, 2.45) is 0 Å². The van der Waals surface area contributed by atoms with Crippen molar-refractivity contribution in [3.63, 3.8) is 0 Å². The van der Waals surface area contributed by atoms with Gasteiger partial charge in [-0.25, -0.2) is 0 Å². The first-order valence-corrected chi connectivity index (χ1v) is 13.2. The molecule has 1 saturated heterocycles. The van der Waals surface area contributed by atoms with Crippen molar-refractivity contribution in [1.82, 2.24) is 0 Å². The van der Waals surface area contributed by atoms with E-state index in [1.165, 1.54) is 10.6 Å². The van der Waals surface area contributed by atoms with Gasteiger partial charge in [-0.1, -0.05) is 0 Å². The van der Waals surface area contributed by atoms with Crippen molar-refractivity contribution in [3.05, 3.63) is 0 Å². The SMILES string of the molecule is C[Se]1(I)CCOCCOCC1. The van der Waals surface area contributed by atoms with Crippen LogP contribution in [0.4, 0.5) is 0 Å². The van der Waals surface area contributed by atoms with E-state index < -0.39 is 9.60 Å². The monoisotopic (exact) mass is 338 g/mol. The van der Waals surface area contributed by atoms with Crippen LogP contribution in [0.2, 0.25) is 16.5 Å². The van der Waals surface area contributed by atoms with E-state index in [2.05, 4.69) is 26.2 Å². The molecule has 1 aliphatic rings. The molecule has 0 amide bonds. The second-order valence-corrected chi connectivity index (χ2v) is 20.4. The standard InChI is InChI=1S/C7H15IO2Se/c1-11(8)6-4-9-2-3-10-5-7-11/h2-7H2,1H3. The van der Waals surface area contributed by atoms with Crippen molar-refractivity contribution in [2.75, 3.05) is 26.4 Å². The number of hydrogen-bond donors (Lipinski definition) is 0. The molecule has 0 aromatic rings. The van der Waals surface area contributed by atoms with Crippen LogP contribution in [0, 0.1) is 0 Å². The summed E-state index contributed by atoms with van der Waals surface area (Å²) in [5.41, 5.74) is 0. The fraction of sp³-hybridized carbons (Fsp3) is 1.00. The van der Waals surface area contributed by atoms with E-state index in [4.69, 9.17) is 9.47 Å². The summed E-state index contributed by atoms with van der Waals surface area (Å²) < 4.78 is 10.8. The van der Waals surface area contributed by atoms with E-state index in [0.717, 1.165) is 26.4 Å². The van der Waals surface area contributed by atoms with Gasteiger partial charge < -0.3 is 0 Å². The Balaban J connectivity index is 2.31. The molecule has 2 nitrogen and oxygen atoms in total. The summed E-state index contributed by atoms with van der Waals surface area (Å²) in [5, 5.41) is 2.58. The van der Waals surface area contributed by atoms with Crippen LogP contribution in [-0.2, 0) is 9.47 Å². The molecular weight excluding hydrogens is 322 g/mol. The zero-order chi connectivity index (χ0) is 8.16.